The fourth-order valence-electron chi connectivity index (χ4n) is 1.15. The molecule has 0 aromatic carbocycles. The van der Waals surface area contributed by atoms with Crippen LogP contribution in [0.15, 0.2) is 0 Å². The van der Waals surface area contributed by atoms with Crippen LogP contribution in [0.4, 0.5) is 0 Å². The molecule has 0 rings (SSSR count). The quantitative estimate of drug-likeness (QED) is 0.602. The van der Waals surface area contributed by atoms with Gasteiger partial charge in [0.1, 0.15) is 6.04 Å². The van der Waals surface area contributed by atoms with Gasteiger partial charge in [0, 0.05) is 0 Å². The van der Waals surface area contributed by atoms with E-state index >= 15 is 0 Å². The van der Waals surface area contributed by atoms with Crippen LogP contribution in [0, 0.1) is 5.92 Å². The van der Waals surface area contributed by atoms with Gasteiger partial charge in [-0.3, -0.25) is 4.79 Å². The Bertz CT molecular complexity index is 246. The number of amides is 1. The minimum absolute atomic E-state index is 0.158. The molecule has 0 aliphatic rings. The molecule has 6 heteroatoms. The van der Waals surface area contributed by atoms with Crippen LogP contribution in [0.1, 0.15) is 20.3 Å². The summed E-state index contributed by atoms with van der Waals surface area (Å²) in [5.41, 5.74) is 5.63. The zero-order valence-corrected chi connectivity index (χ0v) is 10.7. The standard InChI is InChI=1S/C10H20N2O3S/c1-6(2)8(10(14)15)12-9(13)7(11)4-5-16-3/h6-8H,4-5,11H2,1-3H3,(H,12,13)(H,14,15)/t7-,8-/m1/s1. The maximum atomic E-state index is 11.6. The van der Waals surface area contributed by atoms with E-state index in [0.717, 1.165) is 5.75 Å². The van der Waals surface area contributed by atoms with Gasteiger partial charge in [-0.05, 0) is 24.3 Å². The van der Waals surface area contributed by atoms with Gasteiger partial charge in [0.15, 0.2) is 0 Å². The number of carbonyl (C=O) groups excluding carboxylic acids is 1. The van der Waals surface area contributed by atoms with Crippen molar-refractivity contribution >= 4 is 23.6 Å². The average Bonchev–Trinajstić information content (AvgIpc) is 2.20. The Hall–Kier alpha value is -0.750. The van der Waals surface area contributed by atoms with Gasteiger partial charge in [-0.25, -0.2) is 4.79 Å². The molecule has 0 fully saturated rings. The second-order valence-corrected chi connectivity index (χ2v) is 4.94. The van der Waals surface area contributed by atoms with Crippen molar-refractivity contribution in [1.82, 2.24) is 5.32 Å². The van der Waals surface area contributed by atoms with Crippen LogP contribution < -0.4 is 11.1 Å². The topological polar surface area (TPSA) is 92.4 Å². The van der Waals surface area contributed by atoms with E-state index in [1.54, 1.807) is 25.6 Å². The Labute approximate surface area is 100 Å². The van der Waals surface area contributed by atoms with E-state index in [1.807, 2.05) is 6.26 Å². The molecule has 0 saturated carbocycles. The molecule has 0 aliphatic heterocycles. The van der Waals surface area contributed by atoms with Crippen LogP contribution in [0.2, 0.25) is 0 Å². The molecule has 2 atom stereocenters. The van der Waals surface area contributed by atoms with Crippen molar-refractivity contribution < 1.29 is 14.7 Å². The SMILES string of the molecule is CSCC[C@@H](N)C(=O)N[C@@H](C(=O)O)C(C)C. The number of carboxylic acids is 1. The van der Waals surface area contributed by atoms with Crippen molar-refractivity contribution in [3.05, 3.63) is 0 Å². The largest absolute Gasteiger partial charge is 0.480 e. The lowest BCUT2D eigenvalue weighted by Crippen LogP contribution is -2.50. The monoisotopic (exact) mass is 248 g/mol. The van der Waals surface area contributed by atoms with Crippen LogP contribution in [0.3, 0.4) is 0 Å². The van der Waals surface area contributed by atoms with E-state index in [4.69, 9.17) is 10.8 Å². The zero-order valence-electron chi connectivity index (χ0n) is 9.90. The van der Waals surface area contributed by atoms with E-state index in [2.05, 4.69) is 5.32 Å². The number of nitrogens with two attached hydrogens (primary N) is 1. The van der Waals surface area contributed by atoms with Gasteiger partial charge in [0.2, 0.25) is 5.91 Å². The Morgan fingerprint density at radius 2 is 2.00 bits per heavy atom. The molecule has 0 radical (unpaired) electrons. The van der Waals surface area contributed by atoms with E-state index < -0.39 is 24.0 Å². The summed E-state index contributed by atoms with van der Waals surface area (Å²) in [6.07, 6.45) is 2.48. The summed E-state index contributed by atoms with van der Waals surface area (Å²) in [5.74, 6) is -0.793. The molecule has 0 unspecified atom stereocenters. The molecular formula is C10H20N2O3S. The van der Waals surface area contributed by atoms with Gasteiger partial charge in [0.25, 0.3) is 0 Å². The number of carbonyl (C=O) groups is 2. The number of aliphatic carboxylic acids is 1. The van der Waals surface area contributed by atoms with Crippen molar-refractivity contribution in [3.8, 4) is 0 Å². The van der Waals surface area contributed by atoms with Crippen molar-refractivity contribution in [2.75, 3.05) is 12.0 Å². The maximum Gasteiger partial charge on any atom is 0.326 e. The minimum atomic E-state index is -1.03. The van der Waals surface area contributed by atoms with Crippen LogP contribution in [-0.4, -0.2) is 41.1 Å². The van der Waals surface area contributed by atoms with Gasteiger partial charge >= 0.3 is 5.97 Å². The molecular weight excluding hydrogens is 228 g/mol. The summed E-state index contributed by atoms with van der Waals surface area (Å²) in [7, 11) is 0. The number of carboxylic acid groups (broad SMARTS) is 1. The molecule has 94 valence electrons. The summed E-state index contributed by atoms with van der Waals surface area (Å²) in [6, 6.07) is -1.50. The number of hydrogen-bond acceptors (Lipinski definition) is 4. The van der Waals surface area contributed by atoms with Gasteiger partial charge in [-0.15, -0.1) is 0 Å². The Kier molecular flexibility index (Phi) is 7.16. The number of hydrogen-bond donors (Lipinski definition) is 3. The highest BCUT2D eigenvalue weighted by Gasteiger charge is 2.25. The van der Waals surface area contributed by atoms with Crippen LogP contribution in [0.5, 0.6) is 0 Å². The van der Waals surface area contributed by atoms with Crippen molar-refractivity contribution in [3.63, 3.8) is 0 Å². The fraction of sp³-hybridized carbons (Fsp3) is 0.800. The van der Waals surface area contributed by atoms with E-state index in [9.17, 15) is 9.59 Å². The fourth-order valence-corrected chi connectivity index (χ4v) is 1.64. The predicted octanol–water partition coefficient (Wildman–Crippen LogP) is 0.292. The van der Waals surface area contributed by atoms with Crippen LogP contribution in [0.25, 0.3) is 0 Å². The Morgan fingerprint density at radius 3 is 2.38 bits per heavy atom. The summed E-state index contributed by atoms with van der Waals surface area (Å²) in [4.78, 5) is 22.4. The first kappa shape index (κ1) is 15.2. The van der Waals surface area contributed by atoms with Crippen LogP contribution >= 0.6 is 11.8 Å². The predicted molar refractivity (Wildman–Crippen MR) is 65.4 cm³/mol. The lowest BCUT2D eigenvalue weighted by Gasteiger charge is -2.20. The van der Waals surface area contributed by atoms with E-state index in [1.165, 1.54) is 0 Å². The number of thioether (sulfide) groups is 1. The second kappa shape index (κ2) is 7.51. The van der Waals surface area contributed by atoms with Gasteiger partial charge in [-0.2, -0.15) is 11.8 Å². The Balaban J connectivity index is 4.24. The third kappa shape index (κ3) is 5.37. The van der Waals surface area contributed by atoms with Crippen molar-refractivity contribution in [1.29, 1.82) is 0 Å². The van der Waals surface area contributed by atoms with Crippen LogP contribution in [-0.2, 0) is 9.59 Å². The number of rotatable bonds is 7. The lowest BCUT2D eigenvalue weighted by atomic mass is 10.0. The third-order valence-electron chi connectivity index (χ3n) is 2.20. The lowest BCUT2D eigenvalue weighted by molar-refractivity contribution is -0.143. The minimum Gasteiger partial charge on any atom is -0.480 e. The maximum absolute atomic E-state index is 11.6. The molecule has 0 spiro atoms. The second-order valence-electron chi connectivity index (χ2n) is 3.96. The zero-order chi connectivity index (χ0) is 12.7. The highest BCUT2D eigenvalue weighted by molar-refractivity contribution is 7.98. The molecule has 4 N–H and O–H groups in total. The van der Waals surface area contributed by atoms with Crippen molar-refractivity contribution in [2.24, 2.45) is 11.7 Å². The van der Waals surface area contributed by atoms with Gasteiger partial charge in [-0.1, -0.05) is 13.8 Å². The molecule has 1 amide bonds. The molecule has 16 heavy (non-hydrogen) atoms. The first-order chi connectivity index (χ1) is 7.40. The molecule has 0 heterocycles. The highest BCUT2D eigenvalue weighted by Crippen LogP contribution is 2.04. The first-order valence-corrected chi connectivity index (χ1v) is 6.57. The molecule has 0 saturated heterocycles. The molecule has 0 aliphatic carbocycles. The molecule has 0 aromatic heterocycles. The first-order valence-electron chi connectivity index (χ1n) is 5.17. The van der Waals surface area contributed by atoms with Gasteiger partial charge in [0.05, 0.1) is 6.04 Å². The van der Waals surface area contributed by atoms with E-state index in [-0.39, 0.29) is 5.92 Å². The Morgan fingerprint density at radius 1 is 1.44 bits per heavy atom. The van der Waals surface area contributed by atoms with Crippen molar-refractivity contribution in [2.45, 2.75) is 32.4 Å². The summed E-state index contributed by atoms with van der Waals surface area (Å²) in [6.45, 7) is 3.49. The smallest absolute Gasteiger partial charge is 0.326 e. The summed E-state index contributed by atoms with van der Waals surface area (Å²) >= 11 is 1.60. The highest BCUT2D eigenvalue weighted by atomic mass is 32.2. The average molecular weight is 248 g/mol. The third-order valence-corrected chi connectivity index (χ3v) is 2.84. The summed E-state index contributed by atoms with van der Waals surface area (Å²) < 4.78 is 0. The molecule has 0 bridgehead atoms. The normalized spacial score (nSPS) is 14.6. The molecule has 5 nitrogen and oxygen atoms in total. The van der Waals surface area contributed by atoms with E-state index in [0.29, 0.717) is 6.42 Å². The molecule has 0 aromatic rings. The van der Waals surface area contributed by atoms with Gasteiger partial charge < -0.3 is 16.2 Å². The number of nitrogens with one attached hydrogen (secondary N) is 1. The summed E-state index contributed by atoms with van der Waals surface area (Å²) in [5, 5.41) is 11.3.